The van der Waals surface area contributed by atoms with Gasteiger partial charge in [0, 0.05) is 12.1 Å². The topological polar surface area (TPSA) is 116 Å². The number of hydrogen-bond donors (Lipinski definition) is 5. The monoisotopic (exact) mass is 402 g/mol. The summed E-state index contributed by atoms with van der Waals surface area (Å²) >= 11 is 0. The average Bonchev–Trinajstić information content (AvgIpc) is 2.68. The molecule has 160 valence electrons. The van der Waals surface area contributed by atoms with Gasteiger partial charge in [0.25, 0.3) is 0 Å². The van der Waals surface area contributed by atoms with Crippen LogP contribution in [0, 0.1) is 5.92 Å². The number of aliphatic carboxylic acids is 1. The molecule has 0 heterocycles. The molecule has 29 heavy (non-hydrogen) atoms. The van der Waals surface area contributed by atoms with Crippen LogP contribution in [-0.4, -0.2) is 45.9 Å². The quantitative estimate of drug-likeness (QED) is 0.303. The Hall–Kier alpha value is -1.41. The van der Waals surface area contributed by atoms with Crippen LogP contribution < -0.4 is 11.1 Å². The predicted octanol–water partition coefficient (Wildman–Crippen LogP) is 2.51. The Morgan fingerprint density at radius 2 is 1.72 bits per heavy atom. The molecule has 0 radical (unpaired) electrons. The minimum absolute atomic E-state index is 0.0165. The number of hydrogen-bond acceptors (Lipinski definition) is 5. The van der Waals surface area contributed by atoms with E-state index in [-0.39, 0.29) is 12.2 Å². The summed E-state index contributed by atoms with van der Waals surface area (Å²) < 4.78 is 0. The third kappa shape index (κ3) is 5.82. The van der Waals surface area contributed by atoms with Crippen molar-refractivity contribution in [2.24, 2.45) is 11.7 Å². The summed E-state index contributed by atoms with van der Waals surface area (Å²) in [6.45, 7) is 0. The highest BCUT2D eigenvalue weighted by atomic mass is 16.4. The van der Waals surface area contributed by atoms with Crippen molar-refractivity contribution in [2.45, 2.75) is 87.6 Å². The maximum Gasteiger partial charge on any atom is 0.451 e. The first-order valence-corrected chi connectivity index (χ1v) is 11.1. The third-order valence-corrected chi connectivity index (χ3v) is 7.04. The summed E-state index contributed by atoms with van der Waals surface area (Å²) in [5, 5.41) is 31.3. The molecule has 1 aromatic rings. The van der Waals surface area contributed by atoms with Crippen molar-refractivity contribution in [1.82, 2.24) is 5.32 Å². The van der Waals surface area contributed by atoms with Gasteiger partial charge in [0.2, 0.25) is 0 Å². The first-order chi connectivity index (χ1) is 13.9. The molecule has 0 saturated heterocycles. The van der Waals surface area contributed by atoms with E-state index in [1.807, 2.05) is 0 Å². The van der Waals surface area contributed by atoms with Crippen LogP contribution in [0.2, 0.25) is 6.32 Å². The molecule has 6 N–H and O–H groups in total. The van der Waals surface area contributed by atoms with Crippen molar-refractivity contribution in [2.75, 3.05) is 0 Å². The maximum atomic E-state index is 11.8. The Balaban J connectivity index is 1.40. The number of carboxylic acid groups (broad SMARTS) is 1. The fraction of sp³-hybridized carbons (Fsp3) is 0.682. The molecule has 1 atom stereocenters. The van der Waals surface area contributed by atoms with E-state index in [0.29, 0.717) is 37.3 Å². The highest BCUT2D eigenvalue weighted by molar-refractivity contribution is 6.40. The second-order valence-electron chi connectivity index (χ2n) is 9.06. The molecular weight excluding hydrogens is 367 g/mol. The van der Waals surface area contributed by atoms with Crippen LogP contribution in [0.3, 0.4) is 0 Å². The number of carboxylic acids is 1. The van der Waals surface area contributed by atoms with E-state index in [0.717, 1.165) is 25.7 Å². The maximum absolute atomic E-state index is 11.8. The van der Waals surface area contributed by atoms with Crippen LogP contribution in [-0.2, 0) is 4.79 Å². The van der Waals surface area contributed by atoms with E-state index in [9.17, 15) is 9.90 Å². The summed E-state index contributed by atoms with van der Waals surface area (Å²) in [6, 6.07) is 11.6. The number of benzene rings is 1. The lowest BCUT2D eigenvalue weighted by atomic mass is 9.65. The van der Waals surface area contributed by atoms with E-state index in [4.69, 9.17) is 15.8 Å². The molecule has 0 bridgehead atoms. The average molecular weight is 402 g/mol. The van der Waals surface area contributed by atoms with Crippen LogP contribution in [0.4, 0.5) is 0 Å². The van der Waals surface area contributed by atoms with Gasteiger partial charge in [-0.25, -0.2) is 0 Å². The minimum Gasteiger partial charge on any atom is -0.480 e. The van der Waals surface area contributed by atoms with Crippen LogP contribution in [0.25, 0.3) is 0 Å². The predicted molar refractivity (Wildman–Crippen MR) is 114 cm³/mol. The van der Waals surface area contributed by atoms with E-state index in [1.54, 1.807) is 0 Å². The third-order valence-electron chi connectivity index (χ3n) is 7.04. The molecule has 2 fully saturated rings. The molecule has 0 spiro atoms. The fourth-order valence-corrected chi connectivity index (χ4v) is 5.06. The number of nitrogens with one attached hydrogen (secondary N) is 1. The van der Waals surface area contributed by atoms with Crippen molar-refractivity contribution >= 4 is 13.1 Å². The standard InChI is InChI=1S/C22H35BN2O4/c24-22(21(26)27,12-4-5-13-23(28)29)18-14-20(15-18)25-19-10-8-17(9-11-19)16-6-2-1-3-7-16/h1-3,6-7,17-20,25,28-29H,4-5,8-15,24H2,(H,26,27)/t17?,18-,19?,20+,22?. The lowest BCUT2D eigenvalue weighted by Crippen LogP contribution is -2.62. The Labute approximate surface area is 174 Å². The van der Waals surface area contributed by atoms with E-state index >= 15 is 0 Å². The van der Waals surface area contributed by atoms with Crippen LogP contribution in [0.1, 0.15) is 69.3 Å². The van der Waals surface area contributed by atoms with Crippen LogP contribution >= 0.6 is 0 Å². The number of unbranched alkanes of at least 4 members (excludes halogenated alkanes) is 1. The van der Waals surface area contributed by atoms with Gasteiger partial charge in [0.1, 0.15) is 5.54 Å². The van der Waals surface area contributed by atoms with Crippen molar-refractivity contribution in [1.29, 1.82) is 0 Å². The normalized spacial score (nSPS) is 28.9. The summed E-state index contributed by atoms with van der Waals surface area (Å²) in [5.41, 5.74) is 6.53. The van der Waals surface area contributed by atoms with Gasteiger partial charge in [-0.1, -0.05) is 43.2 Å². The van der Waals surface area contributed by atoms with Gasteiger partial charge in [-0.05, 0) is 68.7 Å². The molecule has 3 rings (SSSR count). The smallest absolute Gasteiger partial charge is 0.451 e. The zero-order valence-corrected chi connectivity index (χ0v) is 17.2. The van der Waals surface area contributed by atoms with Gasteiger partial charge in [-0.15, -0.1) is 0 Å². The summed E-state index contributed by atoms with van der Waals surface area (Å²) in [4.78, 5) is 11.8. The molecule has 1 aromatic carbocycles. The van der Waals surface area contributed by atoms with E-state index < -0.39 is 18.6 Å². The molecule has 1 unspecified atom stereocenters. The van der Waals surface area contributed by atoms with Gasteiger partial charge >= 0.3 is 13.1 Å². The molecule has 0 aliphatic heterocycles. The highest BCUT2D eigenvalue weighted by Crippen LogP contribution is 2.40. The molecule has 0 aromatic heterocycles. The molecule has 0 amide bonds. The van der Waals surface area contributed by atoms with Crippen LogP contribution in [0.15, 0.2) is 30.3 Å². The molecule has 2 saturated carbocycles. The largest absolute Gasteiger partial charge is 0.480 e. The van der Waals surface area contributed by atoms with Crippen molar-refractivity contribution in [3.63, 3.8) is 0 Å². The number of carbonyl (C=O) groups is 1. The zero-order chi connectivity index (χ0) is 20.9. The van der Waals surface area contributed by atoms with Crippen molar-refractivity contribution < 1.29 is 19.9 Å². The van der Waals surface area contributed by atoms with Gasteiger partial charge in [0.05, 0.1) is 0 Å². The summed E-state index contributed by atoms with van der Waals surface area (Å²) in [7, 11) is -1.33. The minimum atomic E-state index is -1.33. The Bertz CT molecular complexity index is 645. The first kappa shape index (κ1) is 22.3. The van der Waals surface area contributed by atoms with E-state index in [2.05, 4.69) is 35.6 Å². The van der Waals surface area contributed by atoms with Crippen molar-refractivity contribution in [3.05, 3.63) is 35.9 Å². The Morgan fingerprint density at radius 3 is 2.31 bits per heavy atom. The fourth-order valence-electron chi connectivity index (χ4n) is 5.06. The zero-order valence-electron chi connectivity index (χ0n) is 17.2. The Morgan fingerprint density at radius 1 is 1.07 bits per heavy atom. The van der Waals surface area contributed by atoms with Gasteiger partial charge < -0.3 is 26.2 Å². The molecule has 2 aliphatic carbocycles. The summed E-state index contributed by atoms with van der Waals surface area (Å²) in [5.74, 6) is -0.296. The highest BCUT2D eigenvalue weighted by Gasteiger charge is 2.48. The SMILES string of the molecule is NC(CCCCB(O)O)(C(=O)O)[C@H]1C[C@@H](NC2CCC(c3ccccc3)CC2)C1. The van der Waals surface area contributed by atoms with Crippen molar-refractivity contribution in [3.8, 4) is 0 Å². The number of rotatable bonds is 10. The van der Waals surface area contributed by atoms with Crippen LogP contribution in [0.5, 0.6) is 0 Å². The second kappa shape index (κ2) is 10.1. The first-order valence-electron chi connectivity index (χ1n) is 11.1. The number of nitrogens with two attached hydrogens (primary N) is 1. The van der Waals surface area contributed by atoms with Gasteiger partial charge in [-0.3, -0.25) is 4.79 Å². The Kier molecular flexibility index (Phi) is 7.74. The lowest BCUT2D eigenvalue weighted by molar-refractivity contribution is -0.148. The van der Waals surface area contributed by atoms with E-state index in [1.165, 1.54) is 18.4 Å². The summed E-state index contributed by atoms with van der Waals surface area (Å²) in [6.07, 6.45) is 8.16. The molecule has 2 aliphatic rings. The van der Waals surface area contributed by atoms with Gasteiger partial charge in [0.15, 0.2) is 0 Å². The molecule has 7 heteroatoms. The lowest BCUT2D eigenvalue weighted by Gasteiger charge is -2.46. The second-order valence-corrected chi connectivity index (χ2v) is 9.06. The van der Waals surface area contributed by atoms with Gasteiger partial charge in [-0.2, -0.15) is 0 Å². The molecule has 6 nitrogen and oxygen atoms in total. The molecular formula is C22H35BN2O4.